The Morgan fingerprint density at radius 1 is 1.09 bits per heavy atom. The van der Waals surface area contributed by atoms with Crippen LogP contribution < -0.4 is 20.1 Å². The highest BCUT2D eigenvalue weighted by Crippen LogP contribution is 2.30. The second-order valence-corrected chi connectivity index (χ2v) is 11.8. The van der Waals surface area contributed by atoms with Crippen LogP contribution in [0.5, 0.6) is 11.6 Å². The lowest BCUT2D eigenvalue weighted by Crippen LogP contribution is -2.42. The van der Waals surface area contributed by atoms with Crippen LogP contribution in [0.1, 0.15) is 50.3 Å². The fraction of sp³-hybridized carbons (Fsp3) is 0.469. The van der Waals surface area contributed by atoms with Crippen molar-refractivity contribution in [2.75, 3.05) is 32.1 Å². The zero-order valence-electron chi connectivity index (χ0n) is 26.3. The number of urea groups is 1. The zero-order valence-corrected chi connectivity index (χ0v) is 26.3. The molecule has 2 aromatic carbocycles. The van der Waals surface area contributed by atoms with Crippen molar-refractivity contribution in [3.05, 3.63) is 65.2 Å². The van der Waals surface area contributed by atoms with Crippen LogP contribution in [0.3, 0.4) is 0 Å². The summed E-state index contributed by atoms with van der Waals surface area (Å²) in [5.41, 5.74) is 1.89. The molecule has 0 atom stereocenters. The average molecular weight is 630 g/mol. The van der Waals surface area contributed by atoms with Gasteiger partial charge in [0, 0.05) is 32.3 Å². The van der Waals surface area contributed by atoms with E-state index >= 15 is 0 Å². The first-order valence-corrected chi connectivity index (χ1v) is 14.8. The molecule has 0 saturated carbocycles. The number of piperidine rings is 1. The van der Waals surface area contributed by atoms with Gasteiger partial charge in [-0.2, -0.15) is 8.78 Å². The molecule has 4 rings (SSSR count). The fourth-order valence-corrected chi connectivity index (χ4v) is 4.89. The van der Waals surface area contributed by atoms with E-state index in [1.54, 1.807) is 28.6 Å². The number of carbonyl (C=O) groups is 2. The number of anilines is 1. The lowest BCUT2D eigenvalue weighted by molar-refractivity contribution is -0.0505. The largest absolute Gasteiger partial charge is 0.476 e. The Balaban J connectivity index is 1.43. The molecule has 2 heterocycles. The number of carbonyl (C=O) groups excluding carboxylic acids is 2. The molecule has 3 aromatic rings. The number of para-hydroxylation sites is 1. The number of alkyl halides is 2. The molecule has 1 aromatic heterocycles. The summed E-state index contributed by atoms with van der Waals surface area (Å²) in [7, 11) is 1.53. The Bertz CT molecular complexity index is 1440. The summed E-state index contributed by atoms with van der Waals surface area (Å²) in [6.45, 7) is 6.07. The number of ether oxygens (including phenoxy) is 4. The molecule has 1 fully saturated rings. The summed E-state index contributed by atoms with van der Waals surface area (Å²) in [5.74, 6) is 0.931. The molecule has 0 radical (unpaired) electrons. The number of rotatable bonds is 11. The second kappa shape index (κ2) is 15.1. The molecule has 1 aliphatic heterocycles. The highest BCUT2D eigenvalue weighted by atomic mass is 19.3. The van der Waals surface area contributed by atoms with Gasteiger partial charge >= 0.3 is 18.7 Å². The van der Waals surface area contributed by atoms with Gasteiger partial charge in [0.25, 0.3) is 0 Å². The van der Waals surface area contributed by atoms with Crippen LogP contribution in [-0.2, 0) is 22.6 Å². The van der Waals surface area contributed by atoms with Gasteiger partial charge in [-0.1, -0.05) is 24.3 Å². The molecular weight excluding hydrogens is 588 g/mol. The summed E-state index contributed by atoms with van der Waals surface area (Å²) < 4.78 is 49.0. The minimum absolute atomic E-state index is 0.0386. The fourth-order valence-electron chi connectivity index (χ4n) is 4.89. The van der Waals surface area contributed by atoms with Crippen LogP contribution in [0.2, 0.25) is 0 Å². The number of methoxy groups -OCH3 is 1. The monoisotopic (exact) mass is 629 g/mol. The highest BCUT2D eigenvalue weighted by Gasteiger charge is 2.28. The maximum Gasteiger partial charge on any atom is 0.410 e. The van der Waals surface area contributed by atoms with E-state index in [4.69, 9.17) is 14.2 Å². The third kappa shape index (κ3) is 9.55. The Hall–Kier alpha value is -4.39. The number of amides is 3. The van der Waals surface area contributed by atoms with E-state index < -0.39 is 18.2 Å². The summed E-state index contributed by atoms with van der Waals surface area (Å²) in [4.78, 5) is 27.2. The number of hydrogen-bond acceptors (Lipinski definition) is 7. The highest BCUT2D eigenvalue weighted by molar-refractivity contribution is 5.89. The predicted octanol–water partition coefficient (Wildman–Crippen LogP) is 6.28. The van der Waals surface area contributed by atoms with E-state index in [0.717, 1.165) is 18.4 Å². The molecule has 0 unspecified atom stereocenters. The number of halogens is 2. The maximum atomic E-state index is 13.1. The third-order valence-corrected chi connectivity index (χ3v) is 7.12. The van der Waals surface area contributed by atoms with E-state index in [0.29, 0.717) is 48.2 Å². The number of nitrogens with zero attached hydrogens (tertiary/aromatic N) is 3. The Kier molecular flexibility index (Phi) is 11.2. The smallest absolute Gasteiger partial charge is 0.410 e. The van der Waals surface area contributed by atoms with Gasteiger partial charge in [-0.25, -0.2) is 14.3 Å². The van der Waals surface area contributed by atoms with Crippen molar-refractivity contribution < 1.29 is 37.3 Å². The summed E-state index contributed by atoms with van der Waals surface area (Å²) in [6.07, 6.45) is 1.20. The van der Waals surface area contributed by atoms with Gasteiger partial charge in [0.05, 0.1) is 24.5 Å². The second-order valence-electron chi connectivity index (χ2n) is 11.8. The minimum atomic E-state index is -3.01. The Morgan fingerprint density at radius 3 is 2.44 bits per heavy atom. The van der Waals surface area contributed by atoms with E-state index in [-0.39, 0.29) is 30.9 Å². The van der Waals surface area contributed by atoms with Crippen LogP contribution in [0, 0.1) is 12.8 Å². The molecule has 0 spiro atoms. The first kappa shape index (κ1) is 33.5. The van der Waals surface area contributed by atoms with Crippen molar-refractivity contribution in [1.82, 2.24) is 20.0 Å². The van der Waals surface area contributed by atoms with E-state index in [9.17, 15) is 18.4 Å². The topological polar surface area (TPSA) is 116 Å². The number of benzene rings is 2. The first-order chi connectivity index (χ1) is 21.4. The van der Waals surface area contributed by atoms with Gasteiger partial charge in [-0.3, -0.25) is 5.32 Å². The quantitative estimate of drug-likeness (QED) is 0.257. The molecule has 13 heteroatoms. The number of hydrogen-bond donors (Lipinski definition) is 2. The Morgan fingerprint density at radius 2 is 1.80 bits per heavy atom. The molecule has 0 aliphatic carbocycles. The van der Waals surface area contributed by atoms with Gasteiger partial charge in [0.1, 0.15) is 17.2 Å². The summed E-state index contributed by atoms with van der Waals surface area (Å²) >= 11 is 0. The summed E-state index contributed by atoms with van der Waals surface area (Å²) in [6, 6.07) is 13.4. The van der Waals surface area contributed by atoms with Crippen molar-refractivity contribution in [2.45, 2.75) is 65.9 Å². The van der Waals surface area contributed by atoms with E-state index in [1.807, 2.05) is 51.1 Å². The molecular formula is C32H41F2N5O6. The average Bonchev–Trinajstić information content (AvgIpc) is 3.30. The van der Waals surface area contributed by atoms with Crippen molar-refractivity contribution in [1.29, 1.82) is 0 Å². The number of aromatic nitrogens is 2. The molecule has 2 N–H and O–H groups in total. The zero-order chi connectivity index (χ0) is 32.6. The van der Waals surface area contributed by atoms with Crippen molar-refractivity contribution >= 4 is 17.9 Å². The van der Waals surface area contributed by atoms with Crippen LogP contribution in [0.15, 0.2) is 48.5 Å². The van der Waals surface area contributed by atoms with Crippen LogP contribution >= 0.6 is 0 Å². The lowest BCUT2D eigenvalue weighted by atomic mass is 9.98. The van der Waals surface area contributed by atoms with Crippen molar-refractivity contribution in [3.8, 4) is 17.3 Å². The lowest BCUT2D eigenvalue weighted by Gasteiger charge is -2.33. The normalized spacial score (nSPS) is 13.9. The standard InChI is InChI=1S/C32H41F2N5O6/c1-21-27(36-30(40)35-18-24-17-23(19-42-5)11-12-26(24)44-29(33)34)39(25-9-7-6-8-10-25)37-28(21)43-20-22-13-15-38(16-14-22)31(41)45-32(2,3)4/h6-12,17,22,29H,13-16,18-20H2,1-5H3,(H2,35,36,40). The van der Waals surface area contributed by atoms with Gasteiger partial charge < -0.3 is 29.2 Å². The molecule has 1 aliphatic rings. The van der Waals surface area contributed by atoms with Crippen molar-refractivity contribution in [3.63, 3.8) is 0 Å². The van der Waals surface area contributed by atoms with Gasteiger partial charge in [-0.15, -0.1) is 5.10 Å². The first-order valence-electron chi connectivity index (χ1n) is 14.8. The molecule has 244 valence electrons. The van der Waals surface area contributed by atoms with Gasteiger partial charge in [-0.05, 0) is 76.3 Å². The van der Waals surface area contributed by atoms with E-state index in [2.05, 4.69) is 20.5 Å². The molecule has 45 heavy (non-hydrogen) atoms. The minimum Gasteiger partial charge on any atom is -0.476 e. The van der Waals surface area contributed by atoms with Crippen molar-refractivity contribution in [2.24, 2.45) is 5.92 Å². The number of likely N-dealkylation sites (tertiary alicyclic amines) is 1. The molecule has 3 amide bonds. The summed E-state index contributed by atoms with van der Waals surface area (Å²) in [5, 5.41) is 10.2. The molecule has 0 bridgehead atoms. The molecule has 1 saturated heterocycles. The Labute approximate surface area is 261 Å². The SMILES string of the molecule is COCc1ccc(OC(F)F)c(CNC(=O)Nc2c(C)c(OCC3CCN(C(=O)OC(C)(C)C)CC3)nn2-c2ccccc2)c1. The van der Waals surface area contributed by atoms with Gasteiger partial charge in [0.2, 0.25) is 5.88 Å². The van der Waals surface area contributed by atoms with Gasteiger partial charge in [0.15, 0.2) is 0 Å². The third-order valence-electron chi connectivity index (χ3n) is 7.12. The molecule has 11 nitrogen and oxygen atoms in total. The van der Waals surface area contributed by atoms with Crippen LogP contribution in [0.25, 0.3) is 5.69 Å². The van der Waals surface area contributed by atoms with E-state index in [1.165, 1.54) is 13.2 Å². The van der Waals surface area contributed by atoms with Crippen LogP contribution in [0.4, 0.5) is 24.2 Å². The van der Waals surface area contributed by atoms with Crippen LogP contribution in [-0.4, -0.2) is 65.8 Å². The number of nitrogens with one attached hydrogen (secondary N) is 2. The maximum absolute atomic E-state index is 13.1. The predicted molar refractivity (Wildman–Crippen MR) is 164 cm³/mol.